The van der Waals surface area contributed by atoms with Crippen molar-refractivity contribution in [3.8, 4) is 5.75 Å². The minimum atomic E-state index is -1.04. The maximum atomic E-state index is 12.8. The fourth-order valence-corrected chi connectivity index (χ4v) is 2.89. The van der Waals surface area contributed by atoms with Crippen LogP contribution in [0, 0.1) is 0 Å². The summed E-state index contributed by atoms with van der Waals surface area (Å²) < 4.78 is 7.43. The van der Waals surface area contributed by atoms with E-state index in [1.807, 2.05) is 13.8 Å². The van der Waals surface area contributed by atoms with Crippen LogP contribution in [0.25, 0.3) is 0 Å². The third-order valence-electron chi connectivity index (χ3n) is 4.20. The fourth-order valence-electron chi connectivity index (χ4n) is 2.72. The standard InChI is InChI=1S/C18H23ClN4O3/c1-11(2)26-15-6-5-12(19)7-14(15)17(24)22-8-13(9-22)23-10-16(20-21-23)18(3,4)25/h5-7,10-11,13,25H,8-9H2,1-4H3. The first-order valence-electron chi connectivity index (χ1n) is 8.55. The Morgan fingerprint density at radius 2 is 2.08 bits per heavy atom. The van der Waals surface area contributed by atoms with Crippen molar-refractivity contribution in [2.45, 2.75) is 45.4 Å². The van der Waals surface area contributed by atoms with Crippen molar-refractivity contribution in [1.82, 2.24) is 19.9 Å². The molecule has 26 heavy (non-hydrogen) atoms. The first-order valence-corrected chi connectivity index (χ1v) is 8.93. The van der Waals surface area contributed by atoms with Crippen molar-refractivity contribution in [1.29, 1.82) is 0 Å². The summed E-state index contributed by atoms with van der Waals surface area (Å²) in [6.07, 6.45) is 1.68. The van der Waals surface area contributed by atoms with E-state index >= 15 is 0 Å². The van der Waals surface area contributed by atoms with E-state index in [0.29, 0.717) is 35.1 Å². The van der Waals surface area contributed by atoms with Gasteiger partial charge in [0.1, 0.15) is 17.0 Å². The molecule has 3 rings (SSSR count). The zero-order chi connectivity index (χ0) is 19.1. The topological polar surface area (TPSA) is 80.5 Å². The molecular weight excluding hydrogens is 356 g/mol. The Morgan fingerprint density at radius 3 is 2.65 bits per heavy atom. The van der Waals surface area contributed by atoms with Crippen molar-refractivity contribution < 1.29 is 14.6 Å². The summed E-state index contributed by atoms with van der Waals surface area (Å²) in [5.41, 5.74) is -0.0772. The van der Waals surface area contributed by atoms with Gasteiger partial charge in [-0.1, -0.05) is 16.8 Å². The van der Waals surface area contributed by atoms with Crippen molar-refractivity contribution >= 4 is 17.5 Å². The molecule has 0 bridgehead atoms. The van der Waals surface area contributed by atoms with Gasteiger partial charge >= 0.3 is 0 Å². The van der Waals surface area contributed by atoms with Crippen LogP contribution in [0.1, 0.15) is 49.8 Å². The molecule has 1 aliphatic heterocycles. The highest BCUT2D eigenvalue weighted by atomic mass is 35.5. The van der Waals surface area contributed by atoms with Gasteiger partial charge in [0.15, 0.2) is 0 Å². The fraction of sp³-hybridized carbons (Fsp3) is 0.500. The van der Waals surface area contributed by atoms with Crippen LogP contribution < -0.4 is 4.74 Å². The Bertz CT molecular complexity index is 807. The van der Waals surface area contributed by atoms with Crippen molar-refractivity contribution in [2.75, 3.05) is 13.1 Å². The Balaban J connectivity index is 1.70. The van der Waals surface area contributed by atoms with E-state index in [1.165, 1.54) is 0 Å². The number of amides is 1. The highest BCUT2D eigenvalue weighted by molar-refractivity contribution is 6.31. The summed E-state index contributed by atoms with van der Waals surface area (Å²) in [6, 6.07) is 5.11. The summed E-state index contributed by atoms with van der Waals surface area (Å²) >= 11 is 6.06. The zero-order valence-corrected chi connectivity index (χ0v) is 16.1. The second-order valence-electron chi connectivity index (χ2n) is 7.31. The summed E-state index contributed by atoms with van der Waals surface area (Å²) in [5, 5.41) is 18.5. The molecule has 8 heteroatoms. The molecule has 1 saturated heterocycles. The highest BCUT2D eigenvalue weighted by Crippen LogP contribution is 2.29. The average molecular weight is 379 g/mol. The average Bonchev–Trinajstić information content (AvgIpc) is 2.96. The predicted molar refractivity (Wildman–Crippen MR) is 97.4 cm³/mol. The first kappa shape index (κ1) is 18.7. The Hall–Kier alpha value is -2.12. The van der Waals surface area contributed by atoms with E-state index in [2.05, 4.69) is 10.3 Å². The molecule has 1 aliphatic rings. The summed E-state index contributed by atoms with van der Waals surface area (Å²) in [6.45, 7) is 8.17. The molecule has 0 atom stereocenters. The molecule has 140 valence electrons. The van der Waals surface area contributed by atoms with Crippen LogP contribution in [0.5, 0.6) is 5.75 Å². The van der Waals surface area contributed by atoms with Gasteiger partial charge in [-0.2, -0.15) is 0 Å². The molecule has 1 amide bonds. The van der Waals surface area contributed by atoms with Gasteiger partial charge in [-0.3, -0.25) is 4.79 Å². The summed E-state index contributed by atoms with van der Waals surface area (Å²) in [4.78, 5) is 14.5. The molecule has 1 N–H and O–H groups in total. The molecule has 1 aromatic carbocycles. The van der Waals surface area contributed by atoms with Crippen LogP contribution >= 0.6 is 11.6 Å². The van der Waals surface area contributed by atoms with Gasteiger partial charge in [0.05, 0.1) is 23.9 Å². The molecule has 1 fully saturated rings. The summed E-state index contributed by atoms with van der Waals surface area (Å²) in [7, 11) is 0. The van der Waals surface area contributed by atoms with Crippen LogP contribution in [0.2, 0.25) is 5.02 Å². The molecule has 7 nitrogen and oxygen atoms in total. The van der Waals surface area contributed by atoms with Crippen LogP contribution in [0.15, 0.2) is 24.4 Å². The molecular formula is C18H23ClN4O3. The maximum Gasteiger partial charge on any atom is 0.257 e. The van der Waals surface area contributed by atoms with Crippen LogP contribution in [-0.4, -0.2) is 50.1 Å². The number of rotatable bonds is 5. The molecule has 2 aromatic rings. The van der Waals surface area contributed by atoms with Gasteiger partial charge in [-0.25, -0.2) is 4.68 Å². The van der Waals surface area contributed by atoms with Crippen molar-refractivity contribution in [3.05, 3.63) is 40.7 Å². The minimum absolute atomic E-state index is 0.0381. The maximum absolute atomic E-state index is 12.8. The van der Waals surface area contributed by atoms with Gasteiger partial charge < -0.3 is 14.7 Å². The number of ether oxygens (including phenoxy) is 1. The minimum Gasteiger partial charge on any atom is -0.490 e. The molecule has 0 unspecified atom stereocenters. The van der Waals surface area contributed by atoms with Gasteiger partial charge in [-0.15, -0.1) is 5.10 Å². The third kappa shape index (κ3) is 3.83. The van der Waals surface area contributed by atoms with E-state index in [9.17, 15) is 9.90 Å². The number of likely N-dealkylation sites (tertiary alicyclic amines) is 1. The second-order valence-corrected chi connectivity index (χ2v) is 7.75. The Labute approximate surface area is 157 Å². The lowest BCUT2D eigenvalue weighted by atomic mass is 10.0. The summed E-state index contributed by atoms with van der Waals surface area (Å²) in [5.74, 6) is 0.408. The lowest BCUT2D eigenvalue weighted by Gasteiger charge is -2.39. The monoisotopic (exact) mass is 378 g/mol. The van der Waals surface area contributed by atoms with E-state index in [1.54, 1.807) is 47.8 Å². The largest absolute Gasteiger partial charge is 0.490 e. The number of aromatic nitrogens is 3. The second kappa shape index (κ2) is 6.89. The Kier molecular flexibility index (Phi) is 4.94. The number of benzene rings is 1. The van der Waals surface area contributed by atoms with Gasteiger partial charge in [-0.05, 0) is 45.9 Å². The predicted octanol–water partition coefficient (Wildman–Crippen LogP) is 2.64. The van der Waals surface area contributed by atoms with E-state index < -0.39 is 5.60 Å². The SMILES string of the molecule is CC(C)Oc1ccc(Cl)cc1C(=O)N1CC(n2cc(C(C)(C)O)nn2)C1. The smallest absolute Gasteiger partial charge is 0.257 e. The zero-order valence-electron chi connectivity index (χ0n) is 15.3. The number of halogens is 1. The van der Waals surface area contributed by atoms with Crippen LogP contribution in [-0.2, 0) is 5.60 Å². The van der Waals surface area contributed by atoms with E-state index in [-0.39, 0.29) is 18.1 Å². The molecule has 1 aromatic heterocycles. The number of carbonyl (C=O) groups is 1. The first-order chi connectivity index (χ1) is 12.1. The van der Waals surface area contributed by atoms with E-state index in [0.717, 1.165) is 0 Å². The molecule has 0 saturated carbocycles. The quantitative estimate of drug-likeness (QED) is 0.865. The van der Waals surface area contributed by atoms with Crippen LogP contribution in [0.3, 0.4) is 0 Å². The van der Waals surface area contributed by atoms with Crippen LogP contribution in [0.4, 0.5) is 0 Å². The van der Waals surface area contributed by atoms with E-state index in [4.69, 9.17) is 16.3 Å². The normalized spacial score (nSPS) is 15.3. The number of aliphatic hydroxyl groups is 1. The Morgan fingerprint density at radius 1 is 1.38 bits per heavy atom. The molecule has 2 heterocycles. The molecule has 0 spiro atoms. The van der Waals surface area contributed by atoms with Gasteiger partial charge in [0.2, 0.25) is 0 Å². The number of nitrogens with zero attached hydrogens (tertiary/aromatic N) is 4. The highest BCUT2D eigenvalue weighted by Gasteiger charge is 2.35. The van der Waals surface area contributed by atoms with Crippen molar-refractivity contribution in [3.63, 3.8) is 0 Å². The van der Waals surface area contributed by atoms with Crippen molar-refractivity contribution in [2.24, 2.45) is 0 Å². The number of carbonyl (C=O) groups excluding carboxylic acids is 1. The number of hydrogen-bond donors (Lipinski definition) is 1. The van der Waals surface area contributed by atoms with Gasteiger partial charge in [0.25, 0.3) is 5.91 Å². The lowest BCUT2D eigenvalue weighted by Crippen LogP contribution is -2.51. The lowest BCUT2D eigenvalue weighted by molar-refractivity contribution is 0.0491. The number of hydrogen-bond acceptors (Lipinski definition) is 5. The molecule has 0 radical (unpaired) electrons. The van der Waals surface area contributed by atoms with Gasteiger partial charge in [0, 0.05) is 18.1 Å². The molecule has 0 aliphatic carbocycles. The third-order valence-corrected chi connectivity index (χ3v) is 4.43.